The normalized spacial score (nSPS) is 10.9. The first kappa shape index (κ1) is 26.1. The van der Waals surface area contributed by atoms with E-state index < -0.39 is 17.9 Å². The number of hydrogen-bond acceptors (Lipinski definition) is 5. The summed E-state index contributed by atoms with van der Waals surface area (Å²) in [6, 6.07) is 5.67. The number of nitro groups is 1. The standard InChI is InChI=1S/C10H23N.C9H9F3N2O3/c1-2-3-4-5-6-7-8-9-10-11;10-9(11,12)17-6-5-13-7-3-1-2-4-8(7)14(15)16/h2-11H2,1H3;1-4,13H,5-6H2. The minimum Gasteiger partial charge on any atom is -0.377 e. The molecule has 9 heteroatoms. The molecular weight excluding hydrogens is 375 g/mol. The highest BCUT2D eigenvalue weighted by atomic mass is 19.4. The zero-order chi connectivity index (χ0) is 21.3. The number of nitrogens with two attached hydrogens (primary N) is 1. The van der Waals surface area contributed by atoms with Crippen LogP contribution in [-0.2, 0) is 4.74 Å². The molecule has 0 bridgehead atoms. The van der Waals surface area contributed by atoms with Crippen molar-refractivity contribution in [3.05, 3.63) is 34.4 Å². The average molecular weight is 407 g/mol. The second-order valence-electron chi connectivity index (χ2n) is 6.26. The molecule has 0 heterocycles. The number of nitro benzene ring substituents is 1. The summed E-state index contributed by atoms with van der Waals surface area (Å²) < 4.78 is 38.4. The van der Waals surface area contributed by atoms with E-state index in [4.69, 9.17) is 5.73 Å². The van der Waals surface area contributed by atoms with Crippen molar-refractivity contribution < 1.29 is 22.8 Å². The van der Waals surface area contributed by atoms with Crippen LogP contribution in [0.4, 0.5) is 24.5 Å². The lowest BCUT2D eigenvalue weighted by Crippen LogP contribution is -2.19. The van der Waals surface area contributed by atoms with E-state index in [1.165, 1.54) is 69.6 Å². The minimum absolute atomic E-state index is 0.156. The topological polar surface area (TPSA) is 90.4 Å². The van der Waals surface area contributed by atoms with Crippen molar-refractivity contribution >= 4 is 11.4 Å². The molecule has 6 nitrogen and oxygen atoms in total. The first-order valence-corrected chi connectivity index (χ1v) is 9.69. The summed E-state index contributed by atoms with van der Waals surface area (Å²) >= 11 is 0. The molecule has 0 unspecified atom stereocenters. The van der Waals surface area contributed by atoms with E-state index >= 15 is 0 Å². The molecule has 0 saturated heterocycles. The van der Waals surface area contributed by atoms with Crippen LogP contribution >= 0.6 is 0 Å². The van der Waals surface area contributed by atoms with Gasteiger partial charge in [0.1, 0.15) is 5.69 Å². The lowest BCUT2D eigenvalue weighted by molar-refractivity contribution is -0.384. The van der Waals surface area contributed by atoms with Crippen LogP contribution in [-0.4, -0.2) is 31.0 Å². The molecule has 0 aliphatic rings. The van der Waals surface area contributed by atoms with Crippen LogP contribution in [0.25, 0.3) is 0 Å². The fraction of sp³-hybridized carbons (Fsp3) is 0.684. The molecule has 162 valence electrons. The highest BCUT2D eigenvalue weighted by molar-refractivity contribution is 5.60. The van der Waals surface area contributed by atoms with Gasteiger partial charge in [0.15, 0.2) is 0 Å². The molecule has 1 aromatic carbocycles. The van der Waals surface area contributed by atoms with Crippen molar-refractivity contribution in [3.8, 4) is 0 Å². The Labute approximate surface area is 164 Å². The van der Waals surface area contributed by atoms with Gasteiger partial charge in [0.2, 0.25) is 0 Å². The minimum atomic E-state index is -4.69. The average Bonchev–Trinajstić information content (AvgIpc) is 2.64. The maximum Gasteiger partial charge on any atom is 0.522 e. The molecule has 1 aromatic rings. The molecule has 28 heavy (non-hydrogen) atoms. The van der Waals surface area contributed by atoms with E-state index in [1.54, 1.807) is 6.07 Å². The number of nitrogens with one attached hydrogen (secondary N) is 1. The molecule has 0 aromatic heterocycles. The number of nitrogens with zero attached hydrogens (tertiary/aromatic N) is 1. The number of rotatable bonds is 13. The summed E-state index contributed by atoms with van der Waals surface area (Å²) in [5, 5.41) is 13.1. The van der Waals surface area contributed by atoms with Gasteiger partial charge >= 0.3 is 6.36 Å². The van der Waals surface area contributed by atoms with Gasteiger partial charge in [0.05, 0.1) is 11.5 Å². The Kier molecular flexibility index (Phi) is 15.0. The van der Waals surface area contributed by atoms with Crippen molar-refractivity contribution in [1.82, 2.24) is 0 Å². The van der Waals surface area contributed by atoms with Gasteiger partial charge in [-0.3, -0.25) is 14.9 Å². The molecule has 0 aliphatic heterocycles. The van der Waals surface area contributed by atoms with E-state index in [1.807, 2.05) is 0 Å². The largest absolute Gasteiger partial charge is 0.522 e. The zero-order valence-electron chi connectivity index (χ0n) is 16.5. The Bertz CT molecular complexity index is 521. The van der Waals surface area contributed by atoms with Crippen molar-refractivity contribution in [2.24, 2.45) is 5.73 Å². The Morgan fingerprint density at radius 3 is 2.18 bits per heavy atom. The van der Waals surface area contributed by atoms with Crippen molar-refractivity contribution in [3.63, 3.8) is 0 Å². The van der Waals surface area contributed by atoms with E-state index in [-0.39, 0.29) is 17.9 Å². The van der Waals surface area contributed by atoms with Gasteiger partial charge in [0.25, 0.3) is 5.69 Å². The number of benzene rings is 1. The van der Waals surface area contributed by atoms with Gasteiger partial charge < -0.3 is 11.1 Å². The van der Waals surface area contributed by atoms with Crippen LogP contribution in [0.5, 0.6) is 0 Å². The summed E-state index contributed by atoms with van der Waals surface area (Å²) in [7, 11) is 0. The zero-order valence-corrected chi connectivity index (χ0v) is 16.5. The highest BCUT2D eigenvalue weighted by Gasteiger charge is 2.28. The second-order valence-corrected chi connectivity index (χ2v) is 6.26. The van der Waals surface area contributed by atoms with Gasteiger partial charge in [0, 0.05) is 12.6 Å². The molecule has 0 fully saturated rings. The summed E-state index contributed by atoms with van der Waals surface area (Å²) in [5.41, 5.74) is 5.35. The quantitative estimate of drug-likeness (QED) is 0.251. The molecule has 0 amide bonds. The Balaban J connectivity index is 0.000000576. The van der Waals surface area contributed by atoms with Gasteiger partial charge in [-0.15, -0.1) is 13.2 Å². The van der Waals surface area contributed by atoms with Crippen molar-refractivity contribution in [2.45, 2.75) is 64.7 Å². The first-order chi connectivity index (χ1) is 13.3. The van der Waals surface area contributed by atoms with Crippen LogP contribution in [0.2, 0.25) is 0 Å². The molecule has 0 atom stereocenters. The summed E-state index contributed by atoms with van der Waals surface area (Å²) in [5.74, 6) is 0. The maximum atomic E-state index is 11.6. The van der Waals surface area contributed by atoms with E-state index in [0.717, 1.165) is 6.54 Å². The molecule has 3 N–H and O–H groups in total. The Morgan fingerprint density at radius 2 is 1.64 bits per heavy atom. The number of ether oxygens (including phenoxy) is 1. The summed E-state index contributed by atoms with van der Waals surface area (Å²) in [6.45, 7) is 2.34. The number of para-hydroxylation sites is 2. The third kappa shape index (κ3) is 15.2. The molecule has 0 spiro atoms. The van der Waals surface area contributed by atoms with Crippen LogP contribution < -0.4 is 11.1 Å². The molecule has 0 radical (unpaired) electrons. The molecule has 0 aliphatic carbocycles. The van der Waals surface area contributed by atoms with Gasteiger partial charge in [-0.1, -0.05) is 64.0 Å². The summed E-state index contributed by atoms with van der Waals surface area (Å²) in [6.07, 6.45) is 6.29. The number of anilines is 1. The predicted octanol–water partition coefficient (Wildman–Crippen LogP) is 5.63. The Morgan fingerprint density at radius 1 is 1.07 bits per heavy atom. The SMILES string of the molecule is CCCCCCCCCCN.O=[N+]([O-])c1ccccc1NCCOC(F)(F)F. The monoisotopic (exact) mass is 407 g/mol. The van der Waals surface area contributed by atoms with Gasteiger partial charge in [-0.05, 0) is 19.0 Å². The molecule has 0 saturated carbocycles. The lowest BCUT2D eigenvalue weighted by atomic mass is 10.1. The Hall–Kier alpha value is -1.87. The van der Waals surface area contributed by atoms with Gasteiger partial charge in [-0.25, -0.2) is 0 Å². The third-order valence-corrected chi connectivity index (χ3v) is 3.84. The smallest absolute Gasteiger partial charge is 0.377 e. The van der Waals surface area contributed by atoms with Gasteiger partial charge in [-0.2, -0.15) is 0 Å². The second kappa shape index (κ2) is 16.1. The highest BCUT2D eigenvalue weighted by Crippen LogP contribution is 2.23. The number of hydrogen-bond donors (Lipinski definition) is 2. The van der Waals surface area contributed by atoms with Crippen molar-refractivity contribution in [2.75, 3.05) is 25.0 Å². The van der Waals surface area contributed by atoms with Crippen LogP contribution in [0.15, 0.2) is 24.3 Å². The first-order valence-electron chi connectivity index (χ1n) is 9.69. The van der Waals surface area contributed by atoms with E-state index in [0.29, 0.717) is 0 Å². The maximum absolute atomic E-state index is 11.6. The lowest BCUT2D eigenvalue weighted by Gasteiger charge is -2.09. The van der Waals surface area contributed by atoms with Crippen LogP contribution in [0, 0.1) is 10.1 Å². The van der Waals surface area contributed by atoms with Crippen LogP contribution in [0.1, 0.15) is 58.3 Å². The van der Waals surface area contributed by atoms with Crippen LogP contribution in [0.3, 0.4) is 0 Å². The van der Waals surface area contributed by atoms with E-state index in [9.17, 15) is 23.3 Å². The van der Waals surface area contributed by atoms with E-state index in [2.05, 4.69) is 17.0 Å². The third-order valence-electron chi connectivity index (χ3n) is 3.84. The molecular formula is C19H32F3N3O3. The summed E-state index contributed by atoms with van der Waals surface area (Å²) in [4.78, 5) is 9.95. The van der Waals surface area contributed by atoms with Crippen molar-refractivity contribution in [1.29, 1.82) is 0 Å². The number of halogens is 3. The fourth-order valence-corrected chi connectivity index (χ4v) is 2.41. The number of alkyl halides is 3. The number of unbranched alkanes of at least 4 members (excludes halogenated alkanes) is 7. The molecule has 1 rings (SSSR count). The fourth-order valence-electron chi connectivity index (χ4n) is 2.41. The predicted molar refractivity (Wildman–Crippen MR) is 105 cm³/mol.